The SMILES string of the molecule is Cc1nc2c(C#N)cnn2c(C)c1CCC(=O)NCc1ccc(Oc2ccc(F)cc2)cc1. The smallest absolute Gasteiger partial charge is 0.220 e. The van der Waals surface area contributed by atoms with Gasteiger partial charge in [-0.15, -0.1) is 0 Å². The molecule has 0 aliphatic heterocycles. The van der Waals surface area contributed by atoms with E-state index in [1.165, 1.54) is 18.3 Å². The summed E-state index contributed by atoms with van der Waals surface area (Å²) in [5.74, 6) is 0.794. The van der Waals surface area contributed by atoms with Gasteiger partial charge < -0.3 is 10.1 Å². The minimum Gasteiger partial charge on any atom is -0.457 e. The molecular formula is C25H22FN5O2. The molecule has 2 aromatic carbocycles. The van der Waals surface area contributed by atoms with E-state index in [4.69, 9.17) is 4.74 Å². The average Bonchev–Trinajstić information content (AvgIpc) is 3.23. The summed E-state index contributed by atoms with van der Waals surface area (Å²) in [6.45, 7) is 4.19. The highest BCUT2D eigenvalue weighted by Crippen LogP contribution is 2.22. The van der Waals surface area contributed by atoms with Gasteiger partial charge in [0.25, 0.3) is 0 Å². The molecule has 4 aromatic rings. The van der Waals surface area contributed by atoms with Crippen LogP contribution in [0.3, 0.4) is 0 Å². The molecule has 0 unspecified atom stereocenters. The van der Waals surface area contributed by atoms with Crippen LogP contribution in [0.5, 0.6) is 11.5 Å². The number of carbonyl (C=O) groups is 1. The molecule has 0 bridgehead atoms. The monoisotopic (exact) mass is 443 g/mol. The van der Waals surface area contributed by atoms with Crippen molar-refractivity contribution in [1.29, 1.82) is 5.26 Å². The number of fused-ring (bicyclic) bond motifs is 1. The second-order valence-corrected chi connectivity index (χ2v) is 7.64. The number of rotatable bonds is 7. The summed E-state index contributed by atoms with van der Waals surface area (Å²) in [4.78, 5) is 16.9. The van der Waals surface area contributed by atoms with E-state index in [9.17, 15) is 14.4 Å². The van der Waals surface area contributed by atoms with Crippen LogP contribution in [-0.4, -0.2) is 20.5 Å². The normalized spacial score (nSPS) is 10.7. The fourth-order valence-electron chi connectivity index (χ4n) is 3.59. The number of carbonyl (C=O) groups excluding carboxylic acids is 1. The highest BCUT2D eigenvalue weighted by atomic mass is 19.1. The van der Waals surface area contributed by atoms with Crippen LogP contribution in [0.15, 0.2) is 54.7 Å². The molecule has 0 radical (unpaired) electrons. The lowest BCUT2D eigenvalue weighted by atomic mass is 10.1. The zero-order valence-electron chi connectivity index (χ0n) is 18.3. The van der Waals surface area contributed by atoms with Crippen molar-refractivity contribution >= 4 is 11.6 Å². The Morgan fingerprint density at radius 3 is 2.45 bits per heavy atom. The lowest BCUT2D eigenvalue weighted by Crippen LogP contribution is -2.23. The van der Waals surface area contributed by atoms with E-state index < -0.39 is 0 Å². The van der Waals surface area contributed by atoms with Crippen LogP contribution in [0.1, 0.15) is 34.5 Å². The van der Waals surface area contributed by atoms with E-state index in [1.54, 1.807) is 28.8 Å². The number of hydrogen-bond acceptors (Lipinski definition) is 5. The minimum absolute atomic E-state index is 0.0706. The van der Waals surface area contributed by atoms with Crippen molar-refractivity contribution in [2.75, 3.05) is 0 Å². The molecule has 0 saturated heterocycles. The molecule has 1 N–H and O–H groups in total. The van der Waals surface area contributed by atoms with Gasteiger partial charge in [-0.05, 0) is 67.8 Å². The minimum atomic E-state index is -0.315. The quantitative estimate of drug-likeness (QED) is 0.457. The molecule has 0 atom stereocenters. The van der Waals surface area contributed by atoms with E-state index >= 15 is 0 Å². The number of nitriles is 1. The first-order valence-corrected chi connectivity index (χ1v) is 10.5. The van der Waals surface area contributed by atoms with Crippen molar-refractivity contribution in [2.45, 2.75) is 33.2 Å². The summed E-state index contributed by atoms with van der Waals surface area (Å²) in [6.07, 6.45) is 2.34. The zero-order valence-corrected chi connectivity index (χ0v) is 18.3. The van der Waals surface area contributed by atoms with E-state index in [0.29, 0.717) is 42.1 Å². The van der Waals surface area contributed by atoms with Crippen LogP contribution in [0.4, 0.5) is 4.39 Å². The van der Waals surface area contributed by atoms with Crippen molar-refractivity contribution in [1.82, 2.24) is 19.9 Å². The predicted octanol–water partition coefficient (Wildman–Crippen LogP) is 4.40. The highest BCUT2D eigenvalue weighted by molar-refractivity contribution is 5.76. The Bertz CT molecular complexity index is 1340. The molecule has 0 spiro atoms. The standard InChI is InChI=1S/C25H22FN5O2/c1-16-23(17(2)31-25(30-16)19(13-27)15-29-31)11-12-24(32)28-14-18-3-7-21(8-4-18)33-22-9-5-20(26)6-10-22/h3-10,15H,11-12,14H2,1-2H3,(H,28,32). The summed E-state index contributed by atoms with van der Waals surface area (Å²) in [5.41, 5.74) is 4.52. The third-order valence-corrected chi connectivity index (χ3v) is 5.39. The van der Waals surface area contributed by atoms with E-state index in [0.717, 1.165) is 22.5 Å². The van der Waals surface area contributed by atoms with Gasteiger partial charge >= 0.3 is 0 Å². The van der Waals surface area contributed by atoms with Gasteiger partial charge in [0.2, 0.25) is 5.91 Å². The number of aromatic nitrogens is 3. The molecule has 1 amide bonds. The van der Waals surface area contributed by atoms with E-state index in [1.807, 2.05) is 26.0 Å². The molecular weight excluding hydrogens is 421 g/mol. The van der Waals surface area contributed by atoms with Crippen molar-refractivity contribution in [3.05, 3.63) is 88.6 Å². The second kappa shape index (κ2) is 9.49. The predicted molar refractivity (Wildman–Crippen MR) is 120 cm³/mol. The van der Waals surface area contributed by atoms with Crippen molar-refractivity contribution in [3.63, 3.8) is 0 Å². The molecule has 2 heterocycles. The molecule has 0 aliphatic rings. The van der Waals surface area contributed by atoms with Gasteiger partial charge in [0, 0.05) is 24.4 Å². The van der Waals surface area contributed by atoms with Crippen LogP contribution in [0.25, 0.3) is 5.65 Å². The number of halogens is 1. The maximum Gasteiger partial charge on any atom is 0.220 e. The van der Waals surface area contributed by atoms with Crippen LogP contribution >= 0.6 is 0 Å². The Morgan fingerprint density at radius 2 is 1.79 bits per heavy atom. The van der Waals surface area contributed by atoms with Crippen LogP contribution in [-0.2, 0) is 17.8 Å². The van der Waals surface area contributed by atoms with Crippen molar-refractivity contribution in [3.8, 4) is 17.6 Å². The molecule has 2 aromatic heterocycles. The Labute approximate surface area is 190 Å². The number of ether oxygens (including phenoxy) is 1. The largest absolute Gasteiger partial charge is 0.457 e. The summed E-state index contributed by atoms with van der Waals surface area (Å²) < 4.78 is 20.3. The first-order chi connectivity index (χ1) is 15.9. The van der Waals surface area contributed by atoms with Gasteiger partial charge in [-0.1, -0.05) is 12.1 Å². The maximum absolute atomic E-state index is 13.0. The molecule has 33 heavy (non-hydrogen) atoms. The Balaban J connectivity index is 1.32. The zero-order chi connectivity index (χ0) is 23.4. The van der Waals surface area contributed by atoms with Gasteiger partial charge in [-0.25, -0.2) is 13.9 Å². The molecule has 8 heteroatoms. The average molecular weight is 443 g/mol. The molecule has 0 fully saturated rings. The van der Waals surface area contributed by atoms with Gasteiger partial charge in [0.05, 0.1) is 6.20 Å². The first kappa shape index (κ1) is 22.0. The third-order valence-electron chi connectivity index (χ3n) is 5.39. The highest BCUT2D eigenvalue weighted by Gasteiger charge is 2.14. The fraction of sp³-hybridized carbons (Fsp3) is 0.200. The van der Waals surface area contributed by atoms with Crippen LogP contribution < -0.4 is 10.1 Å². The summed E-state index contributed by atoms with van der Waals surface area (Å²) in [6, 6.07) is 15.3. The fourth-order valence-corrected chi connectivity index (χ4v) is 3.59. The summed E-state index contributed by atoms with van der Waals surface area (Å²) in [7, 11) is 0. The number of nitrogens with one attached hydrogen (secondary N) is 1. The number of nitrogens with zero attached hydrogens (tertiary/aromatic N) is 4. The summed E-state index contributed by atoms with van der Waals surface area (Å²) >= 11 is 0. The topological polar surface area (TPSA) is 92.3 Å². The number of amides is 1. The van der Waals surface area contributed by atoms with Crippen LogP contribution in [0.2, 0.25) is 0 Å². The molecule has 4 rings (SSSR count). The third kappa shape index (κ3) is 4.99. The van der Waals surface area contributed by atoms with Crippen molar-refractivity contribution in [2.24, 2.45) is 0 Å². The second-order valence-electron chi connectivity index (χ2n) is 7.64. The molecule has 0 saturated carbocycles. The van der Waals surface area contributed by atoms with Crippen LogP contribution in [0, 0.1) is 31.0 Å². The molecule has 166 valence electrons. The van der Waals surface area contributed by atoms with Gasteiger partial charge in [-0.3, -0.25) is 4.79 Å². The Hall–Kier alpha value is -4.25. The Kier molecular flexibility index (Phi) is 6.31. The number of hydrogen-bond donors (Lipinski definition) is 1. The first-order valence-electron chi connectivity index (χ1n) is 10.5. The Morgan fingerprint density at radius 1 is 1.12 bits per heavy atom. The summed E-state index contributed by atoms with van der Waals surface area (Å²) in [5, 5.41) is 16.3. The lowest BCUT2D eigenvalue weighted by Gasteiger charge is -2.11. The van der Waals surface area contributed by atoms with Crippen molar-refractivity contribution < 1.29 is 13.9 Å². The van der Waals surface area contributed by atoms with E-state index in [-0.39, 0.29) is 11.7 Å². The van der Waals surface area contributed by atoms with Gasteiger partial charge in [-0.2, -0.15) is 10.4 Å². The van der Waals surface area contributed by atoms with Gasteiger partial charge in [0.15, 0.2) is 5.65 Å². The van der Waals surface area contributed by atoms with E-state index in [2.05, 4.69) is 21.5 Å². The number of benzene rings is 2. The van der Waals surface area contributed by atoms with Gasteiger partial charge in [0.1, 0.15) is 28.9 Å². The molecule has 0 aliphatic carbocycles. The maximum atomic E-state index is 13.0. The number of aryl methyl sites for hydroxylation is 2. The lowest BCUT2D eigenvalue weighted by molar-refractivity contribution is -0.121. The molecule has 7 nitrogen and oxygen atoms in total.